The number of hydrogen-bond acceptors (Lipinski definition) is 5. The number of ether oxygens (including phenoxy) is 1. The minimum atomic E-state index is -0.553. The van der Waals surface area contributed by atoms with Crippen molar-refractivity contribution in [1.29, 1.82) is 0 Å². The molecule has 4 rings (SSSR count). The molecule has 1 aliphatic rings. The smallest absolute Gasteiger partial charge is 0.343 e. The summed E-state index contributed by atoms with van der Waals surface area (Å²) in [6.07, 6.45) is 0.841. The summed E-state index contributed by atoms with van der Waals surface area (Å²) in [4.78, 5) is 38.8. The average molecular weight is 461 g/mol. The van der Waals surface area contributed by atoms with E-state index in [1.54, 1.807) is 30.3 Å². The monoisotopic (exact) mass is 460 g/mol. The van der Waals surface area contributed by atoms with Crippen LogP contribution in [-0.4, -0.2) is 22.7 Å². The van der Waals surface area contributed by atoms with E-state index in [1.165, 1.54) is 0 Å². The zero-order chi connectivity index (χ0) is 23.4. The molecule has 0 radical (unpaired) electrons. The number of amides is 2. The Balaban J connectivity index is 1.43. The normalized spacial score (nSPS) is 13.5. The maximum absolute atomic E-state index is 12.8. The maximum Gasteiger partial charge on any atom is 0.343 e. The Morgan fingerprint density at radius 1 is 0.909 bits per heavy atom. The fourth-order valence-electron chi connectivity index (χ4n) is 3.39. The lowest BCUT2D eigenvalue weighted by molar-refractivity contribution is -0.138. The number of anilines is 1. The predicted molar refractivity (Wildman–Crippen MR) is 126 cm³/mol. The molecule has 1 heterocycles. The summed E-state index contributed by atoms with van der Waals surface area (Å²) in [6.45, 7) is 2.15. The third kappa shape index (κ3) is 4.96. The second kappa shape index (κ2) is 9.71. The van der Waals surface area contributed by atoms with Crippen molar-refractivity contribution in [1.82, 2.24) is 4.90 Å². The quantitative estimate of drug-likeness (QED) is 0.308. The molecule has 33 heavy (non-hydrogen) atoms. The molecule has 0 aliphatic carbocycles. The van der Waals surface area contributed by atoms with E-state index in [0.717, 1.165) is 22.4 Å². The number of carbonyl (C=O) groups excluding carboxylic acids is 3. The first-order valence-corrected chi connectivity index (χ1v) is 10.8. The average Bonchev–Trinajstić information content (AvgIpc) is 3.03. The molecule has 6 nitrogen and oxygen atoms in total. The first-order chi connectivity index (χ1) is 16.0. The van der Waals surface area contributed by atoms with Crippen molar-refractivity contribution in [2.24, 2.45) is 0 Å². The van der Waals surface area contributed by atoms with E-state index < -0.39 is 17.8 Å². The van der Waals surface area contributed by atoms with Gasteiger partial charge in [-0.05, 0) is 53.9 Å². The SMILES string of the molecule is CCc1cccc(OC(=O)c2ccc(NC3=C(Cl)C(=O)N(Cc4ccccc4)C3=O)cc2)c1. The van der Waals surface area contributed by atoms with Crippen molar-refractivity contribution in [3.05, 3.63) is 106 Å². The summed E-state index contributed by atoms with van der Waals surface area (Å²) in [7, 11) is 0. The van der Waals surface area contributed by atoms with Gasteiger partial charge in [-0.25, -0.2) is 4.79 Å². The number of nitrogens with one attached hydrogen (secondary N) is 1. The summed E-state index contributed by atoms with van der Waals surface area (Å²) in [5, 5.41) is 2.73. The highest BCUT2D eigenvalue weighted by Crippen LogP contribution is 2.27. The second-order valence-electron chi connectivity index (χ2n) is 7.46. The molecule has 7 heteroatoms. The molecular weight excluding hydrogens is 440 g/mol. The van der Waals surface area contributed by atoms with Crippen LogP contribution in [0.3, 0.4) is 0 Å². The number of halogens is 1. The minimum Gasteiger partial charge on any atom is -0.423 e. The molecule has 0 atom stereocenters. The third-order valence-corrected chi connectivity index (χ3v) is 5.55. The molecule has 0 unspecified atom stereocenters. The zero-order valence-electron chi connectivity index (χ0n) is 17.9. The molecule has 1 N–H and O–H groups in total. The number of benzene rings is 3. The Morgan fingerprint density at radius 3 is 2.30 bits per heavy atom. The third-order valence-electron chi connectivity index (χ3n) is 5.20. The molecule has 3 aromatic rings. The first-order valence-electron chi connectivity index (χ1n) is 10.4. The lowest BCUT2D eigenvalue weighted by Crippen LogP contribution is -2.31. The summed E-state index contributed by atoms with van der Waals surface area (Å²) >= 11 is 6.16. The van der Waals surface area contributed by atoms with Gasteiger partial charge in [-0.1, -0.05) is 61.0 Å². The Hall–Kier alpha value is -3.90. The van der Waals surface area contributed by atoms with Crippen LogP contribution < -0.4 is 10.1 Å². The van der Waals surface area contributed by atoms with Gasteiger partial charge in [0.05, 0.1) is 12.1 Å². The van der Waals surface area contributed by atoms with Crippen molar-refractivity contribution in [2.45, 2.75) is 19.9 Å². The molecule has 0 bridgehead atoms. The molecule has 0 spiro atoms. The van der Waals surface area contributed by atoms with Gasteiger partial charge in [0.2, 0.25) is 0 Å². The standard InChI is InChI=1S/C26H21ClN2O4/c1-2-17-9-6-10-21(15-17)33-26(32)19-11-13-20(14-12-19)28-23-22(27)24(30)29(25(23)31)16-18-7-4-3-5-8-18/h3-15,28H,2,16H2,1H3. The van der Waals surface area contributed by atoms with Crippen LogP contribution in [0.15, 0.2) is 89.6 Å². The Bertz CT molecular complexity index is 1240. The topological polar surface area (TPSA) is 75.7 Å². The van der Waals surface area contributed by atoms with Gasteiger partial charge in [0, 0.05) is 5.69 Å². The van der Waals surface area contributed by atoms with Crippen LogP contribution in [0.5, 0.6) is 5.75 Å². The van der Waals surface area contributed by atoms with Crippen molar-refractivity contribution in [3.8, 4) is 5.75 Å². The maximum atomic E-state index is 12.8. The lowest BCUT2D eigenvalue weighted by atomic mass is 10.1. The van der Waals surface area contributed by atoms with E-state index in [2.05, 4.69) is 5.32 Å². The first kappa shape index (κ1) is 22.3. The number of nitrogens with zero attached hydrogens (tertiary/aromatic N) is 1. The molecule has 0 saturated carbocycles. The number of esters is 1. The largest absolute Gasteiger partial charge is 0.423 e. The minimum absolute atomic E-state index is 0.00399. The molecule has 0 aromatic heterocycles. The summed E-state index contributed by atoms with van der Waals surface area (Å²) in [5.74, 6) is -1.07. The molecule has 0 fully saturated rings. The van der Waals surface area contributed by atoms with Crippen LogP contribution in [0.2, 0.25) is 0 Å². The van der Waals surface area contributed by atoms with Crippen LogP contribution in [0.4, 0.5) is 5.69 Å². The van der Waals surface area contributed by atoms with Gasteiger partial charge in [-0.2, -0.15) is 0 Å². The van der Waals surface area contributed by atoms with Crippen LogP contribution in [0.25, 0.3) is 0 Å². The Labute approximate surface area is 196 Å². The van der Waals surface area contributed by atoms with E-state index >= 15 is 0 Å². The van der Waals surface area contributed by atoms with Crippen molar-refractivity contribution in [2.75, 3.05) is 5.32 Å². The number of hydrogen-bond donors (Lipinski definition) is 1. The van der Waals surface area contributed by atoms with E-state index in [1.807, 2.05) is 55.5 Å². The van der Waals surface area contributed by atoms with Crippen molar-refractivity contribution >= 4 is 35.1 Å². The summed E-state index contributed by atoms with van der Waals surface area (Å²) in [6, 6.07) is 22.9. The molecule has 1 aliphatic heterocycles. The molecule has 3 aromatic carbocycles. The van der Waals surface area contributed by atoms with E-state index in [-0.39, 0.29) is 17.3 Å². The van der Waals surface area contributed by atoms with Gasteiger partial charge in [0.1, 0.15) is 16.5 Å². The van der Waals surface area contributed by atoms with Crippen LogP contribution in [0, 0.1) is 0 Å². The zero-order valence-corrected chi connectivity index (χ0v) is 18.6. The van der Waals surface area contributed by atoms with Crippen molar-refractivity contribution in [3.63, 3.8) is 0 Å². The molecule has 0 saturated heterocycles. The Kier molecular flexibility index (Phi) is 6.56. The number of imide groups is 1. The van der Waals surface area contributed by atoms with Crippen LogP contribution in [-0.2, 0) is 22.6 Å². The number of aryl methyl sites for hydroxylation is 1. The van der Waals surface area contributed by atoms with Gasteiger partial charge in [0.15, 0.2) is 0 Å². The van der Waals surface area contributed by atoms with Gasteiger partial charge >= 0.3 is 5.97 Å². The van der Waals surface area contributed by atoms with E-state index in [4.69, 9.17) is 16.3 Å². The number of rotatable bonds is 7. The fourth-order valence-corrected chi connectivity index (χ4v) is 3.62. The van der Waals surface area contributed by atoms with E-state index in [9.17, 15) is 14.4 Å². The molecular formula is C26H21ClN2O4. The predicted octanol–water partition coefficient (Wildman–Crippen LogP) is 4.90. The summed E-state index contributed by atoms with van der Waals surface area (Å²) < 4.78 is 5.44. The van der Waals surface area contributed by atoms with Gasteiger partial charge < -0.3 is 10.1 Å². The molecule has 166 valence electrons. The Morgan fingerprint density at radius 2 is 1.61 bits per heavy atom. The number of carbonyl (C=O) groups is 3. The lowest BCUT2D eigenvalue weighted by Gasteiger charge is -2.15. The molecule has 2 amide bonds. The van der Waals surface area contributed by atoms with Crippen LogP contribution in [0.1, 0.15) is 28.4 Å². The van der Waals surface area contributed by atoms with E-state index in [0.29, 0.717) is 17.0 Å². The second-order valence-corrected chi connectivity index (χ2v) is 7.84. The fraction of sp³-hybridized carbons (Fsp3) is 0.115. The van der Waals surface area contributed by atoms with Crippen molar-refractivity contribution < 1.29 is 19.1 Å². The van der Waals surface area contributed by atoms with Gasteiger partial charge in [-0.3, -0.25) is 14.5 Å². The highest BCUT2D eigenvalue weighted by Gasteiger charge is 2.37. The highest BCUT2D eigenvalue weighted by molar-refractivity contribution is 6.48. The highest BCUT2D eigenvalue weighted by atomic mass is 35.5. The summed E-state index contributed by atoms with van der Waals surface area (Å²) in [5.41, 5.74) is 2.75. The van der Waals surface area contributed by atoms with Crippen LogP contribution >= 0.6 is 11.6 Å². The van der Waals surface area contributed by atoms with Gasteiger partial charge in [0.25, 0.3) is 11.8 Å². The van der Waals surface area contributed by atoms with Gasteiger partial charge in [-0.15, -0.1) is 0 Å².